The number of fused-ring (bicyclic) bond motifs is 11. The van der Waals surface area contributed by atoms with E-state index in [-0.39, 0.29) is 0 Å². The first-order valence-corrected chi connectivity index (χ1v) is 14.8. The average Bonchev–Trinajstić information content (AvgIpc) is 3.64. The van der Waals surface area contributed by atoms with Crippen molar-refractivity contribution in [3.8, 4) is 17.2 Å². The topological polar surface area (TPSA) is 43.9 Å². The zero-order valence-corrected chi connectivity index (χ0v) is 23.5. The van der Waals surface area contributed by atoms with Crippen LogP contribution >= 0.6 is 0 Å². The van der Waals surface area contributed by atoms with Crippen LogP contribution in [0.15, 0.2) is 144 Å². The smallest absolute Gasteiger partial charge is 0.236 e. The highest BCUT2D eigenvalue weighted by molar-refractivity contribution is 6.26. The molecule has 0 radical (unpaired) electrons. The summed E-state index contributed by atoms with van der Waals surface area (Å²) in [7, 11) is 0. The van der Waals surface area contributed by atoms with E-state index in [0.29, 0.717) is 11.5 Å². The summed E-state index contributed by atoms with van der Waals surface area (Å²) >= 11 is 0. The van der Waals surface area contributed by atoms with E-state index in [4.69, 9.17) is 14.4 Å². The molecule has 0 atom stereocenters. The molecule has 0 saturated heterocycles. The van der Waals surface area contributed by atoms with E-state index in [0.717, 1.165) is 54.9 Å². The first-order valence-electron chi connectivity index (χ1n) is 14.8. The van der Waals surface area contributed by atoms with Crippen LogP contribution in [-0.4, -0.2) is 14.5 Å². The van der Waals surface area contributed by atoms with Gasteiger partial charge in [0, 0.05) is 27.1 Å². The third-order valence-electron chi connectivity index (χ3n) is 8.99. The molecule has 3 heterocycles. The second-order valence-corrected chi connectivity index (χ2v) is 11.4. The lowest BCUT2D eigenvalue weighted by molar-refractivity contribution is 0.666. The molecule has 10 aromatic rings. The van der Waals surface area contributed by atoms with Crippen molar-refractivity contribution in [2.75, 3.05) is 0 Å². The van der Waals surface area contributed by atoms with Crippen LogP contribution < -0.4 is 0 Å². The SMILES string of the molecule is c1ccc2c(-c3nc(-n4c5ccc6ccccc6c5c5ccc6ccccc6c54)nc4c3oc3ccccc34)cccc2c1. The Balaban J connectivity index is 1.43. The monoisotopic (exact) mass is 561 g/mol. The Morgan fingerprint density at radius 2 is 1.11 bits per heavy atom. The first-order chi connectivity index (χ1) is 21.8. The molecule has 0 bridgehead atoms. The van der Waals surface area contributed by atoms with Gasteiger partial charge in [-0.2, -0.15) is 0 Å². The summed E-state index contributed by atoms with van der Waals surface area (Å²) in [5, 5.41) is 10.4. The fourth-order valence-electron chi connectivity index (χ4n) is 7.05. The van der Waals surface area contributed by atoms with E-state index in [1.54, 1.807) is 0 Å². The summed E-state index contributed by atoms with van der Waals surface area (Å²) in [5.74, 6) is 0.624. The van der Waals surface area contributed by atoms with E-state index in [1.165, 1.54) is 26.9 Å². The number of para-hydroxylation sites is 1. The van der Waals surface area contributed by atoms with Gasteiger partial charge in [-0.1, -0.05) is 121 Å². The standard InChI is InChI=1S/C40H23N3O/c1-4-14-27-24(10-1)13-9-18-30(27)36-39-37(31-17-7-8-19-34(31)44-39)42-40(41-36)43-33-23-21-25-11-2-5-15-28(25)35(33)32-22-20-26-12-3-6-16-29(26)38(32)43/h1-23H. The molecule has 4 nitrogen and oxygen atoms in total. The summed E-state index contributed by atoms with van der Waals surface area (Å²) in [6.45, 7) is 0. The second kappa shape index (κ2) is 8.76. The van der Waals surface area contributed by atoms with Crippen LogP contribution in [0.3, 0.4) is 0 Å². The lowest BCUT2D eigenvalue weighted by Gasteiger charge is -2.12. The van der Waals surface area contributed by atoms with E-state index in [9.17, 15) is 0 Å². The normalized spacial score (nSPS) is 12.1. The molecule has 204 valence electrons. The number of benzene rings is 7. The largest absolute Gasteiger partial charge is 0.452 e. The highest BCUT2D eigenvalue weighted by atomic mass is 16.3. The van der Waals surface area contributed by atoms with Crippen LogP contribution in [0, 0.1) is 0 Å². The quantitative estimate of drug-likeness (QED) is 0.211. The van der Waals surface area contributed by atoms with Crippen LogP contribution in [0.1, 0.15) is 0 Å². The molecule has 0 fully saturated rings. The molecular weight excluding hydrogens is 538 g/mol. The molecule has 0 N–H and O–H groups in total. The molecule has 0 aliphatic heterocycles. The Labute approximate surface area is 251 Å². The van der Waals surface area contributed by atoms with Crippen LogP contribution in [0.2, 0.25) is 0 Å². The van der Waals surface area contributed by atoms with Gasteiger partial charge in [0.25, 0.3) is 0 Å². The molecular formula is C40H23N3O. The molecule has 10 rings (SSSR count). The van der Waals surface area contributed by atoms with Gasteiger partial charge in [-0.3, -0.25) is 4.57 Å². The van der Waals surface area contributed by atoms with Gasteiger partial charge in [0.1, 0.15) is 16.8 Å². The van der Waals surface area contributed by atoms with Crippen LogP contribution in [-0.2, 0) is 0 Å². The maximum absolute atomic E-state index is 6.53. The van der Waals surface area contributed by atoms with Gasteiger partial charge in [0.05, 0.1) is 11.0 Å². The van der Waals surface area contributed by atoms with Crippen molar-refractivity contribution in [1.29, 1.82) is 0 Å². The van der Waals surface area contributed by atoms with Gasteiger partial charge < -0.3 is 4.42 Å². The summed E-state index contributed by atoms with van der Waals surface area (Å²) < 4.78 is 8.79. The number of aromatic nitrogens is 3. The summed E-state index contributed by atoms with van der Waals surface area (Å²) in [4.78, 5) is 10.7. The van der Waals surface area contributed by atoms with Gasteiger partial charge in [-0.05, 0) is 45.1 Å². The van der Waals surface area contributed by atoms with E-state index >= 15 is 0 Å². The molecule has 0 spiro atoms. The second-order valence-electron chi connectivity index (χ2n) is 11.4. The number of nitrogens with zero attached hydrogens (tertiary/aromatic N) is 3. The first kappa shape index (κ1) is 23.6. The van der Waals surface area contributed by atoms with Crippen molar-refractivity contribution in [2.24, 2.45) is 0 Å². The Hall–Kier alpha value is -6.00. The Kier molecular flexibility index (Phi) is 4.69. The molecule has 44 heavy (non-hydrogen) atoms. The minimum atomic E-state index is 0.624. The molecule has 0 amide bonds. The van der Waals surface area contributed by atoms with Crippen molar-refractivity contribution in [2.45, 2.75) is 0 Å². The minimum absolute atomic E-state index is 0.624. The maximum Gasteiger partial charge on any atom is 0.236 e. The predicted molar refractivity (Wildman–Crippen MR) is 182 cm³/mol. The van der Waals surface area contributed by atoms with E-state index < -0.39 is 0 Å². The van der Waals surface area contributed by atoms with Crippen LogP contribution in [0.5, 0.6) is 0 Å². The molecule has 0 saturated carbocycles. The number of hydrogen-bond acceptors (Lipinski definition) is 3. The Morgan fingerprint density at radius 3 is 1.95 bits per heavy atom. The van der Waals surface area contributed by atoms with E-state index in [1.807, 2.05) is 18.2 Å². The third-order valence-corrected chi connectivity index (χ3v) is 8.99. The zero-order chi connectivity index (χ0) is 28.8. The van der Waals surface area contributed by atoms with Crippen molar-refractivity contribution >= 4 is 76.2 Å². The molecule has 3 aromatic heterocycles. The zero-order valence-electron chi connectivity index (χ0n) is 23.5. The highest BCUT2D eigenvalue weighted by Gasteiger charge is 2.23. The summed E-state index contributed by atoms with van der Waals surface area (Å²) in [6.07, 6.45) is 0. The molecule has 0 aliphatic carbocycles. The highest BCUT2D eigenvalue weighted by Crippen LogP contribution is 2.42. The summed E-state index contributed by atoms with van der Waals surface area (Å²) in [5.41, 5.74) is 6.29. The van der Waals surface area contributed by atoms with Crippen LogP contribution in [0.25, 0.3) is 93.4 Å². The fraction of sp³-hybridized carbons (Fsp3) is 0. The van der Waals surface area contributed by atoms with E-state index in [2.05, 4.69) is 126 Å². The average molecular weight is 562 g/mol. The number of furan rings is 1. The Morgan fingerprint density at radius 1 is 0.477 bits per heavy atom. The molecule has 4 heteroatoms. The van der Waals surface area contributed by atoms with Crippen LogP contribution in [0.4, 0.5) is 0 Å². The fourth-order valence-corrected chi connectivity index (χ4v) is 7.05. The number of hydrogen-bond donors (Lipinski definition) is 0. The third kappa shape index (κ3) is 3.17. The van der Waals surface area contributed by atoms with Gasteiger partial charge in [0.15, 0.2) is 5.58 Å². The van der Waals surface area contributed by atoms with Crippen molar-refractivity contribution in [3.63, 3.8) is 0 Å². The summed E-state index contributed by atoms with van der Waals surface area (Å²) in [6, 6.07) is 49.0. The predicted octanol–water partition coefficient (Wildman–Crippen LogP) is 10.6. The van der Waals surface area contributed by atoms with Gasteiger partial charge >= 0.3 is 0 Å². The van der Waals surface area contributed by atoms with Crippen molar-refractivity contribution < 1.29 is 4.42 Å². The van der Waals surface area contributed by atoms with Gasteiger partial charge in [0.2, 0.25) is 5.95 Å². The van der Waals surface area contributed by atoms with Gasteiger partial charge in [-0.15, -0.1) is 0 Å². The lowest BCUT2D eigenvalue weighted by atomic mass is 10.0. The Bertz CT molecular complexity index is 2780. The molecule has 0 aliphatic rings. The lowest BCUT2D eigenvalue weighted by Crippen LogP contribution is -2.03. The molecule has 0 unspecified atom stereocenters. The maximum atomic E-state index is 6.53. The molecule has 7 aromatic carbocycles. The number of rotatable bonds is 2. The van der Waals surface area contributed by atoms with Crippen molar-refractivity contribution in [3.05, 3.63) is 140 Å². The minimum Gasteiger partial charge on any atom is -0.452 e. The van der Waals surface area contributed by atoms with Gasteiger partial charge in [-0.25, -0.2) is 9.97 Å². The van der Waals surface area contributed by atoms with Crippen molar-refractivity contribution in [1.82, 2.24) is 14.5 Å².